The summed E-state index contributed by atoms with van der Waals surface area (Å²) in [4.78, 5) is 8.10. The summed E-state index contributed by atoms with van der Waals surface area (Å²) in [5, 5.41) is 16.8. The zero-order chi connectivity index (χ0) is 12.3. The zero-order valence-corrected chi connectivity index (χ0v) is 10.8. The molecule has 0 aliphatic rings. The van der Waals surface area contributed by atoms with Crippen molar-refractivity contribution in [2.24, 2.45) is 7.05 Å². The quantitative estimate of drug-likeness (QED) is 0.884. The monoisotopic (exact) mass is 297 g/mol. The van der Waals surface area contributed by atoms with E-state index in [4.69, 9.17) is 0 Å². The molecule has 0 saturated heterocycles. The van der Waals surface area contributed by atoms with Crippen LogP contribution in [0.5, 0.6) is 0 Å². The van der Waals surface area contributed by atoms with Gasteiger partial charge in [0.15, 0.2) is 0 Å². The molecule has 0 fully saturated rings. The number of hydrogen-bond donors (Lipinski definition) is 2. The molecule has 2 aromatic rings. The van der Waals surface area contributed by atoms with Crippen molar-refractivity contribution >= 4 is 21.9 Å². The Labute approximate surface area is 107 Å². The van der Waals surface area contributed by atoms with Crippen LogP contribution in [-0.4, -0.2) is 31.4 Å². The van der Waals surface area contributed by atoms with E-state index < -0.39 is 6.10 Å². The first kappa shape index (κ1) is 12.0. The van der Waals surface area contributed by atoms with Crippen molar-refractivity contribution < 1.29 is 5.11 Å². The van der Waals surface area contributed by atoms with E-state index in [1.54, 1.807) is 29.5 Å². The van der Waals surface area contributed by atoms with Crippen molar-refractivity contribution in [3.63, 3.8) is 0 Å². The summed E-state index contributed by atoms with van der Waals surface area (Å²) in [6.07, 6.45) is 6.07. The second kappa shape index (κ2) is 5.24. The van der Waals surface area contributed by atoms with Crippen molar-refractivity contribution in [2.45, 2.75) is 6.10 Å². The normalized spacial score (nSPS) is 12.4. The minimum Gasteiger partial charge on any atom is -0.386 e. The van der Waals surface area contributed by atoms with Gasteiger partial charge in [-0.15, -0.1) is 0 Å². The van der Waals surface area contributed by atoms with Crippen LogP contribution in [0.15, 0.2) is 29.3 Å². The predicted molar refractivity (Wildman–Crippen MR) is 66.4 cm³/mol. The lowest BCUT2D eigenvalue weighted by Gasteiger charge is -2.09. The Kier molecular flexibility index (Phi) is 3.70. The van der Waals surface area contributed by atoms with Crippen molar-refractivity contribution in [1.82, 2.24) is 19.7 Å². The van der Waals surface area contributed by atoms with E-state index in [1.807, 2.05) is 7.05 Å². The molecule has 7 heteroatoms. The highest BCUT2D eigenvalue weighted by molar-refractivity contribution is 9.10. The summed E-state index contributed by atoms with van der Waals surface area (Å²) in [6.45, 7) is 0.341. The molecule has 0 amide bonds. The molecule has 0 radical (unpaired) electrons. The van der Waals surface area contributed by atoms with Gasteiger partial charge in [0.2, 0.25) is 5.95 Å². The molecule has 0 spiro atoms. The second-order valence-electron chi connectivity index (χ2n) is 3.57. The number of anilines is 1. The maximum absolute atomic E-state index is 9.87. The number of nitrogens with one attached hydrogen (secondary N) is 1. The molecule has 90 valence electrons. The average Bonchev–Trinajstić information content (AvgIpc) is 2.75. The molecular formula is C10H12BrN5O. The maximum Gasteiger partial charge on any atom is 0.222 e. The van der Waals surface area contributed by atoms with Crippen LogP contribution in [0.25, 0.3) is 0 Å². The van der Waals surface area contributed by atoms with Gasteiger partial charge in [-0.05, 0) is 15.9 Å². The minimum absolute atomic E-state index is 0.341. The highest BCUT2D eigenvalue weighted by atomic mass is 79.9. The lowest BCUT2D eigenvalue weighted by molar-refractivity contribution is 0.191. The Balaban J connectivity index is 1.92. The van der Waals surface area contributed by atoms with Crippen molar-refractivity contribution in [2.75, 3.05) is 11.9 Å². The predicted octanol–water partition coefficient (Wildman–Crippen LogP) is 1.12. The number of rotatable bonds is 4. The summed E-state index contributed by atoms with van der Waals surface area (Å²) >= 11 is 3.25. The molecule has 0 aliphatic carbocycles. The molecule has 1 atom stereocenters. The topological polar surface area (TPSA) is 75.9 Å². The van der Waals surface area contributed by atoms with Gasteiger partial charge in [-0.3, -0.25) is 4.68 Å². The van der Waals surface area contributed by atoms with Gasteiger partial charge in [0.05, 0.1) is 16.8 Å². The van der Waals surface area contributed by atoms with Crippen molar-refractivity contribution in [3.8, 4) is 0 Å². The van der Waals surface area contributed by atoms with Crippen LogP contribution in [-0.2, 0) is 7.05 Å². The summed E-state index contributed by atoms with van der Waals surface area (Å²) in [7, 11) is 1.81. The van der Waals surface area contributed by atoms with E-state index in [-0.39, 0.29) is 0 Å². The van der Waals surface area contributed by atoms with Crippen LogP contribution in [0.2, 0.25) is 0 Å². The molecule has 2 aromatic heterocycles. The Hall–Kier alpha value is -1.47. The summed E-state index contributed by atoms with van der Waals surface area (Å²) in [5.41, 5.74) is 0.761. The Morgan fingerprint density at radius 2 is 2.12 bits per heavy atom. The van der Waals surface area contributed by atoms with E-state index in [0.29, 0.717) is 12.5 Å². The molecule has 6 nitrogen and oxygen atoms in total. The van der Waals surface area contributed by atoms with Crippen LogP contribution in [0, 0.1) is 0 Å². The molecule has 0 bridgehead atoms. The minimum atomic E-state index is -0.629. The number of aromatic nitrogens is 4. The lowest BCUT2D eigenvalue weighted by Crippen LogP contribution is -2.13. The van der Waals surface area contributed by atoms with Gasteiger partial charge in [0, 0.05) is 37.7 Å². The highest BCUT2D eigenvalue weighted by Crippen LogP contribution is 2.12. The van der Waals surface area contributed by atoms with E-state index in [9.17, 15) is 5.11 Å². The lowest BCUT2D eigenvalue weighted by atomic mass is 10.2. The largest absolute Gasteiger partial charge is 0.386 e. The molecule has 1 unspecified atom stereocenters. The molecule has 0 aliphatic heterocycles. The number of nitrogens with zero attached hydrogens (tertiary/aromatic N) is 4. The smallest absolute Gasteiger partial charge is 0.222 e. The molecule has 0 aromatic carbocycles. The van der Waals surface area contributed by atoms with Gasteiger partial charge in [-0.1, -0.05) is 0 Å². The zero-order valence-electron chi connectivity index (χ0n) is 9.21. The average molecular weight is 298 g/mol. The van der Waals surface area contributed by atoms with Gasteiger partial charge in [0.1, 0.15) is 0 Å². The first-order chi connectivity index (χ1) is 8.15. The van der Waals surface area contributed by atoms with Crippen molar-refractivity contribution in [1.29, 1.82) is 0 Å². The second-order valence-corrected chi connectivity index (χ2v) is 4.48. The fourth-order valence-corrected chi connectivity index (χ4v) is 1.53. The molecule has 17 heavy (non-hydrogen) atoms. The van der Waals surface area contributed by atoms with Crippen LogP contribution in [0.4, 0.5) is 5.95 Å². The fourth-order valence-electron chi connectivity index (χ4n) is 1.32. The van der Waals surface area contributed by atoms with Gasteiger partial charge < -0.3 is 10.4 Å². The molecular weight excluding hydrogens is 286 g/mol. The first-order valence-electron chi connectivity index (χ1n) is 5.03. The Morgan fingerprint density at radius 3 is 2.71 bits per heavy atom. The number of aryl methyl sites for hydroxylation is 1. The summed E-state index contributed by atoms with van der Waals surface area (Å²) < 4.78 is 2.46. The van der Waals surface area contributed by atoms with Gasteiger partial charge in [-0.25, -0.2) is 9.97 Å². The molecule has 2 rings (SSSR count). The number of halogens is 1. The van der Waals surface area contributed by atoms with Crippen LogP contribution < -0.4 is 5.32 Å². The number of aliphatic hydroxyl groups is 1. The van der Waals surface area contributed by atoms with Crippen LogP contribution in [0.3, 0.4) is 0 Å². The molecule has 2 heterocycles. The van der Waals surface area contributed by atoms with Crippen LogP contribution >= 0.6 is 15.9 Å². The third-order valence-electron chi connectivity index (χ3n) is 2.18. The van der Waals surface area contributed by atoms with E-state index >= 15 is 0 Å². The Bertz CT molecular complexity index is 484. The highest BCUT2D eigenvalue weighted by Gasteiger charge is 2.09. The molecule has 2 N–H and O–H groups in total. The number of hydrogen-bond acceptors (Lipinski definition) is 5. The summed E-state index contributed by atoms with van der Waals surface area (Å²) in [5.74, 6) is 0.483. The summed E-state index contributed by atoms with van der Waals surface area (Å²) in [6, 6.07) is 0. The van der Waals surface area contributed by atoms with Gasteiger partial charge in [0.25, 0.3) is 0 Å². The standard InChI is InChI=1S/C10H12BrN5O/c1-16-6-7(2-15-16)9(17)5-14-10-12-3-8(11)4-13-10/h2-4,6,9,17H,5H2,1H3,(H,12,13,14). The Morgan fingerprint density at radius 1 is 1.41 bits per heavy atom. The van der Waals surface area contributed by atoms with Gasteiger partial charge in [-0.2, -0.15) is 5.10 Å². The maximum atomic E-state index is 9.87. The fraction of sp³-hybridized carbons (Fsp3) is 0.300. The van der Waals surface area contributed by atoms with E-state index in [2.05, 4.69) is 36.3 Å². The van der Waals surface area contributed by atoms with Crippen molar-refractivity contribution in [3.05, 3.63) is 34.8 Å². The first-order valence-corrected chi connectivity index (χ1v) is 5.82. The van der Waals surface area contributed by atoms with E-state index in [1.165, 1.54) is 0 Å². The SMILES string of the molecule is Cn1cc(C(O)CNc2ncc(Br)cn2)cn1. The molecule has 0 saturated carbocycles. The van der Waals surface area contributed by atoms with E-state index in [0.717, 1.165) is 10.0 Å². The third kappa shape index (κ3) is 3.24. The van der Waals surface area contributed by atoms with Gasteiger partial charge >= 0.3 is 0 Å². The number of aliphatic hydroxyl groups excluding tert-OH is 1. The van der Waals surface area contributed by atoms with Crippen LogP contribution in [0.1, 0.15) is 11.7 Å². The third-order valence-corrected chi connectivity index (χ3v) is 2.59.